The lowest BCUT2D eigenvalue weighted by atomic mass is 10.0. The summed E-state index contributed by atoms with van der Waals surface area (Å²) >= 11 is 0. The average molecular weight is 500 g/mol. The Hall–Kier alpha value is -2.05. The maximum atomic E-state index is 12.8. The summed E-state index contributed by atoms with van der Waals surface area (Å²) in [6, 6.07) is 3.16. The van der Waals surface area contributed by atoms with E-state index in [-0.39, 0.29) is 12.2 Å². The molecule has 0 aliphatic heterocycles. The van der Waals surface area contributed by atoms with Crippen molar-refractivity contribution in [1.82, 2.24) is 5.32 Å². The van der Waals surface area contributed by atoms with Crippen LogP contribution in [0.3, 0.4) is 0 Å². The number of alkyl halides is 3. The Balaban J connectivity index is 2.03. The first-order chi connectivity index (χ1) is 16.8. The summed E-state index contributed by atoms with van der Waals surface area (Å²) in [5.41, 5.74) is -1.06. The van der Waals surface area contributed by atoms with Gasteiger partial charge in [0.1, 0.15) is 6.04 Å². The van der Waals surface area contributed by atoms with E-state index < -0.39 is 29.7 Å². The molecule has 4 nitrogen and oxygen atoms in total. The van der Waals surface area contributed by atoms with E-state index in [2.05, 4.69) is 12.2 Å². The first kappa shape index (κ1) is 31.0. The van der Waals surface area contributed by atoms with Crippen LogP contribution in [0.5, 0.6) is 0 Å². The number of carbonyl (C=O) groups is 2. The van der Waals surface area contributed by atoms with Gasteiger partial charge in [0.2, 0.25) is 0 Å². The van der Waals surface area contributed by atoms with Crippen LogP contribution >= 0.6 is 0 Å². The standard InChI is InChI=1S/C28H44F3NO3/c1-3-4-5-6-7-8-9-10-11-12-13-14-15-16-17-21-35-27(34)23(2)32-26(33)24-19-18-20-25(22-24)28(29,30)31/h18-20,22-23H,3-17,21H2,1-2H3,(H,32,33)/t23-/m0/s1. The molecule has 0 saturated carbocycles. The smallest absolute Gasteiger partial charge is 0.416 e. The third-order valence-electron chi connectivity index (χ3n) is 6.15. The SMILES string of the molecule is CCCCCCCCCCCCCCCCCOC(=O)[C@H](C)NC(=O)c1cccc(C(F)(F)F)c1. The van der Waals surface area contributed by atoms with E-state index in [0.717, 1.165) is 37.5 Å². The predicted octanol–water partition coefficient (Wildman–Crippen LogP) is 8.24. The number of amides is 1. The van der Waals surface area contributed by atoms with E-state index >= 15 is 0 Å². The first-order valence-corrected chi connectivity index (χ1v) is 13.4. The summed E-state index contributed by atoms with van der Waals surface area (Å²) in [4.78, 5) is 24.2. The van der Waals surface area contributed by atoms with Gasteiger partial charge in [0, 0.05) is 5.56 Å². The summed E-state index contributed by atoms with van der Waals surface area (Å²) in [5.74, 6) is -1.33. The number of unbranched alkanes of at least 4 members (excludes halogenated alkanes) is 14. The zero-order chi connectivity index (χ0) is 25.9. The van der Waals surface area contributed by atoms with Gasteiger partial charge in [-0.15, -0.1) is 0 Å². The molecule has 0 heterocycles. The minimum absolute atomic E-state index is 0.151. The highest BCUT2D eigenvalue weighted by atomic mass is 19.4. The fraction of sp³-hybridized carbons (Fsp3) is 0.714. The van der Waals surface area contributed by atoms with Gasteiger partial charge in [-0.2, -0.15) is 13.2 Å². The molecule has 1 aromatic carbocycles. The number of esters is 1. The van der Waals surface area contributed by atoms with Gasteiger partial charge in [-0.3, -0.25) is 4.79 Å². The normalized spacial score (nSPS) is 12.4. The molecule has 1 aromatic rings. The van der Waals surface area contributed by atoms with Crippen LogP contribution in [0.25, 0.3) is 0 Å². The zero-order valence-electron chi connectivity index (χ0n) is 21.6. The molecule has 0 aromatic heterocycles. The highest BCUT2D eigenvalue weighted by Gasteiger charge is 2.31. The van der Waals surface area contributed by atoms with Crippen molar-refractivity contribution in [1.29, 1.82) is 0 Å². The number of benzene rings is 1. The second kappa shape index (κ2) is 18.3. The monoisotopic (exact) mass is 499 g/mol. The van der Waals surface area contributed by atoms with Gasteiger partial charge in [0.25, 0.3) is 5.91 Å². The van der Waals surface area contributed by atoms with Crippen molar-refractivity contribution in [3.8, 4) is 0 Å². The molecular weight excluding hydrogens is 455 g/mol. The minimum atomic E-state index is -4.53. The molecule has 0 unspecified atom stereocenters. The van der Waals surface area contributed by atoms with Gasteiger partial charge < -0.3 is 10.1 Å². The molecule has 7 heteroatoms. The van der Waals surface area contributed by atoms with Crippen LogP contribution in [-0.4, -0.2) is 24.5 Å². The Bertz CT molecular complexity index is 722. The second-order valence-electron chi connectivity index (χ2n) is 9.39. The van der Waals surface area contributed by atoms with Crippen LogP contribution < -0.4 is 5.32 Å². The first-order valence-electron chi connectivity index (χ1n) is 13.4. The Morgan fingerprint density at radius 3 is 1.80 bits per heavy atom. The molecule has 0 spiro atoms. The number of carbonyl (C=O) groups excluding carboxylic acids is 2. The van der Waals surface area contributed by atoms with Crippen LogP contribution in [0.1, 0.15) is 126 Å². The van der Waals surface area contributed by atoms with Crippen LogP contribution in [-0.2, 0) is 15.7 Å². The molecule has 0 fully saturated rings. The molecule has 1 N–H and O–H groups in total. The van der Waals surface area contributed by atoms with E-state index in [9.17, 15) is 22.8 Å². The van der Waals surface area contributed by atoms with Gasteiger partial charge in [-0.05, 0) is 31.5 Å². The number of hydrogen-bond acceptors (Lipinski definition) is 3. The van der Waals surface area contributed by atoms with Crippen molar-refractivity contribution in [3.05, 3.63) is 35.4 Å². The number of ether oxygens (including phenoxy) is 1. The zero-order valence-corrected chi connectivity index (χ0v) is 21.6. The second-order valence-corrected chi connectivity index (χ2v) is 9.39. The Labute approximate surface area is 209 Å². The van der Waals surface area contributed by atoms with Crippen molar-refractivity contribution in [2.75, 3.05) is 6.61 Å². The number of halogens is 3. The van der Waals surface area contributed by atoms with Crippen molar-refractivity contribution in [3.63, 3.8) is 0 Å². The molecule has 1 amide bonds. The fourth-order valence-corrected chi connectivity index (χ4v) is 3.95. The Morgan fingerprint density at radius 2 is 1.31 bits per heavy atom. The molecule has 0 saturated heterocycles. The lowest BCUT2D eigenvalue weighted by molar-refractivity contribution is -0.145. The van der Waals surface area contributed by atoms with Gasteiger partial charge in [-0.1, -0.05) is 103 Å². The van der Waals surface area contributed by atoms with Gasteiger partial charge in [0.15, 0.2) is 0 Å². The van der Waals surface area contributed by atoms with Crippen molar-refractivity contribution in [2.45, 2.75) is 122 Å². The van der Waals surface area contributed by atoms with Crippen LogP contribution in [0.2, 0.25) is 0 Å². The van der Waals surface area contributed by atoms with E-state index in [4.69, 9.17) is 4.74 Å². The molecular formula is C28H44F3NO3. The lowest BCUT2D eigenvalue weighted by Crippen LogP contribution is -2.39. The van der Waals surface area contributed by atoms with Crippen molar-refractivity contribution >= 4 is 11.9 Å². The topological polar surface area (TPSA) is 55.4 Å². The average Bonchev–Trinajstić information content (AvgIpc) is 2.83. The molecule has 0 aliphatic rings. The molecule has 0 bridgehead atoms. The largest absolute Gasteiger partial charge is 0.464 e. The maximum Gasteiger partial charge on any atom is 0.416 e. The third kappa shape index (κ3) is 14.8. The Morgan fingerprint density at radius 1 is 0.829 bits per heavy atom. The van der Waals surface area contributed by atoms with Crippen LogP contribution in [0, 0.1) is 0 Å². The molecule has 1 rings (SSSR count). The molecule has 35 heavy (non-hydrogen) atoms. The quantitative estimate of drug-likeness (QED) is 0.154. The summed E-state index contributed by atoms with van der Waals surface area (Å²) < 4.78 is 43.6. The highest BCUT2D eigenvalue weighted by Crippen LogP contribution is 2.29. The van der Waals surface area contributed by atoms with Crippen LogP contribution in [0.4, 0.5) is 13.2 Å². The van der Waals surface area contributed by atoms with E-state index in [1.807, 2.05) is 0 Å². The summed E-state index contributed by atoms with van der Waals surface area (Å²) in [5, 5.41) is 2.40. The highest BCUT2D eigenvalue weighted by molar-refractivity contribution is 5.96. The molecule has 0 aliphatic carbocycles. The molecule has 1 atom stereocenters. The maximum absolute atomic E-state index is 12.8. The van der Waals surface area contributed by atoms with Crippen LogP contribution in [0.15, 0.2) is 24.3 Å². The summed E-state index contributed by atoms with van der Waals surface area (Å²) in [6.45, 7) is 3.98. The van der Waals surface area contributed by atoms with Gasteiger partial charge in [-0.25, -0.2) is 4.79 Å². The number of nitrogens with one attached hydrogen (secondary N) is 1. The Kier molecular flexibility index (Phi) is 16.2. The molecule has 0 radical (unpaired) electrons. The fourth-order valence-electron chi connectivity index (χ4n) is 3.95. The minimum Gasteiger partial charge on any atom is -0.464 e. The predicted molar refractivity (Wildman–Crippen MR) is 134 cm³/mol. The van der Waals surface area contributed by atoms with Crippen molar-refractivity contribution < 1.29 is 27.5 Å². The number of rotatable bonds is 19. The van der Waals surface area contributed by atoms with Crippen molar-refractivity contribution in [2.24, 2.45) is 0 Å². The van der Waals surface area contributed by atoms with E-state index in [0.29, 0.717) is 0 Å². The lowest BCUT2D eigenvalue weighted by Gasteiger charge is -2.14. The van der Waals surface area contributed by atoms with E-state index in [1.165, 1.54) is 90.0 Å². The number of hydrogen-bond donors (Lipinski definition) is 1. The summed E-state index contributed by atoms with van der Waals surface area (Å²) in [6.07, 6.45) is 14.2. The summed E-state index contributed by atoms with van der Waals surface area (Å²) in [7, 11) is 0. The van der Waals surface area contributed by atoms with Gasteiger partial charge in [0.05, 0.1) is 12.2 Å². The van der Waals surface area contributed by atoms with Gasteiger partial charge >= 0.3 is 12.1 Å². The third-order valence-corrected chi connectivity index (χ3v) is 6.15. The van der Waals surface area contributed by atoms with E-state index in [1.54, 1.807) is 0 Å². The molecule has 200 valence electrons.